The second-order valence-corrected chi connectivity index (χ2v) is 4.77. The van der Waals surface area contributed by atoms with E-state index in [1.54, 1.807) is 0 Å². The van der Waals surface area contributed by atoms with Crippen molar-refractivity contribution >= 4 is 33.3 Å². The smallest absolute Gasteiger partial charge is 0.312 e. The zero-order chi connectivity index (χ0) is 13.7. The number of amides is 1. The summed E-state index contributed by atoms with van der Waals surface area (Å²) in [6.07, 6.45) is 1.43. The molecule has 7 nitrogen and oxygen atoms in total. The Hall–Kier alpha value is -1.70. The molecule has 0 aromatic carbocycles. The Labute approximate surface area is 112 Å². The molecule has 0 aliphatic rings. The first-order valence-electron chi connectivity index (χ1n) is 5.23. The molecule has 0 saturated carbocycles. The Morgan fingerprint density at radius 2 is 2.28 bits per heavy atom. The van der Waals surface area contributed by atoms with Crippen molar-refractivity contribution in [3.05, 3.63) is 26.9 Å². The first-order valence-corrected chi connectivity index (χ1v) is 6.02. The highest BCUT2D eigenvalue weighted by molar-refractivity contribution is 9.10. The van der Waals surface area contributed by atoms with Gasteiger partial charge in [-0.05, 0) is 29.8 Å². The lowest BCUT2D eigenvalue weighted by Crippen LogP contribution is -2.35. The standard InChI is InChI=1S/C10H13BrN4O3/c1-6(2)14-9(16)5-13-10-8(15(17)18)3-7(11)4-12-10/h3-4,6H,5H2,1-2H3,(H,12,13)(H,14,16). The van der Waals surface area contributed by atoms with Crippen LogP contribution in [0.25, 0.3) is 0 Å². The van der Waals surface area contributed by atoms with Gasteiger partial charge in [-0.1, -0.05) is 0 Å². The first-order chi connectivity index (χ1) is 8.40. The molecule has 0 bridgehead atoms. The number of anilines is 1. The number of pyridine rings is 1. The molecule has 1 aromatic rings. The minimum atomic E-state index is -0.555. The second-order valence-electron chi connectivity index (χ2n) is 3.85. The molecule has 0 spiro atoms. The van der Waals surface area contributed by atoms with Gasteiger partial charge in [0, 0.05) is 22.8 Å². The predicted molar refractivity (Wildman–Crippen MR) is 70.4 cm³/mol. The summed E-state index contributed by atoms with van der Waals surface area (Å²) in [5.74, 6) is -0.175. The van der Waals surface area contributed by atoms with Gasteiger partial charge in [0.15, 0.2) is 0 Å². The fourth-order valence-electron chi connectivity index (χ4n) is 1.24. The molecule has 1 amide bonds. The minimum absolute atomic E-state index is 0.0205. The molecular weight excluding hydrogens is 304 g/mol. The van der Waals surface area contributed by atoms with E-state index in [0.29, 0.717) is 4.47 Å². The van der Waals surface area contributed by atoms with E-state index in [9.17, 15) is 14.9 Å². The van der Waals surface area contributed by atoms with Crippen molar-refractivity contribution < 1.29 is 9.72 Å². The van der Waals surface area contributed by atoms with Crippen LogP contribution in [-0.2, 0) is 4.79 Å². The Bertz CT molecular complexity index is 464. The molecule has 1 heterocycles. The van der Waals surface area contributed by atoms with E-state index in [2.05, 4.69) is 31.5 Å². The molecule has 0 saturated heterocycles. The lowest BCUT2D eigenvalue weighted by atomic mass is 10.3. The van der Waals surface area contributed by atoms with Crippen molar-refractivity contribution in [3.8, 4) is 0 Å². The van der Waals surface area contributed by atoms with Gasteiger partial charge < -0.3 is 10.6 Å². The van der Waals surface area contributed by atoms with Gasteiger partial charge in [0.05, 0.1) is 11.5 Å². The predicted octanol–water partition coefficient (Wildman–Crippen LogP) is 1.69. The summed E-state index contributed by atoms with van der Waals surface area (Å²) in [6.45, 7) is 3.60. The number of carbonyl (C=O) groups excluding carboxylic acids is 1. The summed E-state index contributed by atoms with van der Waals surface area (Å²) >= 11 is 3.10. The Kier molecular flexibility index (Phi) is 5.02. The third kappa shape index (κ3) is 4.28. The number of carbonyl (C=O) groups is 1. The fourth-order valence-corrected chi connectivity index (χ4v) is 1.56. The van der Waals surface area contributed by atoms with Crippen LogP contribution in [-0.4, -0.2) is 28.4 Å². The monoisotopic (exact) mass is 316 g/mol. The molecule has 1 rings (SSSR count). The molecule has 0 radical (unpaired) electrons. The van der Waals surface area contributed by atoms with Gasteiger partial charge in [-0.15, -0.1) is 0 Å². The molecule has 8 heteroatoms. The van der Waals surface area contributed by atoms with Crippen LogP contribution in [0.3, 0.4) is 0 Å². The zero-order valence-corrected chi connectivity index (χ0v) is 11.5. The largest absolute Gasteiger partial charge is 0.355 e. The Morgan fingerprint density at radius 1 is 1.61 bits per heavy atom. The average Bonchev–Trinajstić information content (AvgIpc) is 2.26. The van der Waals surface area contributed by atoms with Gasteiger partial charge >= 0.3 is 5.69 Å². The summed E-state index contributed by atoms with van der Waals surface area (Å²) in [7, 11) is 0. The van der Waals surface area contributed by atoms with Crippen molar-refractivity contribution in [2.75, 3.05) is 11.9 Å². The molecule has 18 heavy (non-hydrogen) atoms. The molecule has 98 valence electrons. The number of halogens is 1. The van der Waals surface area contributed by atoms with E-state index >= 15 is 0 Å². The molecule has 0 atom stereocenters. The topological polar surface area (TPSA) is 97.2 Å². The molecule has 0 aliphatic heterocycles. The van der Waals surface area contributed by atoms with Crippen molar-refractivity contribution in [2.24, 2.45) is 0 Å². The van der Waals surface area contributed by atoms with Crippen molar-refractivity contribution in [3.63, 3.8) is 0 Å². The van der Waals surface area contributed by atoms with Gasteiger partial charge in [0.25, 0.3) is 0 Å². The van der Waals surface area contributed by atoms with Crippen LogP contribution < -0.4 is 10.6 Å². The number of aromatic nitrogens is 1. The zero-order valence-electron chi connectivity index (χ0n) is 9.94. The van der Waals surface area contributed by atoms with Crippen LogP contribution >= 0.6 is 15.9 Å². The number of nitrogens with one attached hydrogen (secondary N) is 2. The van der Waals surface area contributed by atoms with Crippen molar-refractivity contribution in [1.29, 1.82) is 0 Å². The fraction of sp³-hybridized carbons (Fsp3) is 0.400. The van der Waals surface area contributed by atoms with Crippen molar-refractivity contribution in [1.82, 2.24) is 10.3 Å². The number of nitro groups is 1. The van der Waals surface area contributed by atoms with Gasteiger partial charge in [-0.3, -0.25) is 14.9 Å². The summed E-state index contributed by atoms with van der Waals surface area (Å²) in [4.78, 5) is 25.5. The highest BCUT2D eigenvalue weighted by Crippen LogP contribution is 2.24. The highest BCUT2D eigenvalue weighted by atomic mass is 79.9. The molecule has 0 fully saturated rings. The third-order valence-electron chi connectivity index (χ3n) is 1.90. The average molecular weight is 317 g/mol. The van der Waals surface area contributed by atoms with Gasteiger partial charge in [0.2, 0.25) is 11.7 Å². The molecule has 1 aromatic heterocycles. The minimum Gasteiger partial charge on any atom is -0.355 e. The number of rotatable bonds is 5. The Balaban J connectivity index is 2.73. The van der Waals surface area contributed by atoms with Crippen LogP contribution in [0.1, 0.15) is 13.8 Å². The lowest BCUT2D eigenvalue weighted by molar-refractivity contribution is -0.384. The molecule has 2 N–H and O–H groups in total. The maximum Gasteiger partial charge on any atom is 0.312 e. The van der Waals surface area contributed by atoms with E-state index in [4.69, 9.17) is 0 Å². The van der Waals surface area contributed by atoms with E-state index in [0.717, 1.165) is 0 Å². The second kappa shape index (κ2) is 6.29. The summed E-state index contributed by atoms with van der Waals surface area (Å²) in [5, 5.41) is 16.1. The van der Waals surface area contributed by atoms with Crippen LogP contribution in [0.2, 0.25) is 0 Å². The normalized spacial score (nSPS) is 10.2. The highest BCUT2D eigenvalue weighted by Gasteiger charge is 2.16. The van der Waals surface area contributed by atoms with E-state index in [1.165, 1.54) is 12.3 Å². The maximum atomic E-state index is 11.4. The summed E-state index contributed by atoms with van der Waals surface area (Å²) in [6, 6.07) is 1.35. The molecule has 0 aliphatic carbocycles. The number of hydrogen-bond donors (Lipinski definition) is 2. The molecular formula is C10H13BrN4O3. The maximum absolute atomic E-state index is 11.4. The Morgan fingerprint density at radius 3 is 2.83 bits per heavy atom. The van der Waals surface area contributed by atoms with Gasteiger partial charge in [0.1, 0.15) is 0 Å². The number of nitrogens with zero attached hydrogens (tertiary/aromatic N) is 2. The van der Waals surface area contributed by atoms with E-state index in [-0.39, 0.29) is 30.0 Å². The SMILES string of the molecule is CC(C)NC(=O)CNc1ncc(Br)cc1[N+](=O)[O-]. The quantitative estimate of drug-likeness (QED) is 0.636. The van der Waals surface area contributed by atoms with Crippen LogP contribution in [0.4, 0.5) is 11.5 Å². The number of hydrogen-bond acceptors (Lipinski definition) is 5. The van der Waals surface area contributed by atoms with Crippen molar-refractivity contribution in [2.45, 2.75) is 19.9 Å². The lowest BCUT2D eigenvalue weighted by Gasteiger charge is -2.09. The molecule has 0 unspecified atom stereocenters. The van der Waals surface area contributed by atoms with Crippen LogP contribution in [0.15, 0.2) is 16.7 Å². The van der Waals surface area contributed by atoms with Crippen LogP contribution in [0, 0.1) is 10.1 Å². The third-order valence-corrected chi connectivity index (χ3v) is 2.33. The van der Waals surface area contributed by atoms with Crippen LogP contribution in [0.5, 0.6) is 0 Å². The summed E-state index contributed by atoms with van der Waals surface area (Å²) in [5.41, 5.74) is -0.179. The van der Waals surface area contributed by atoms with Gasteiger partial charge in [-0.25, -0.2) is 4.98 Å². The van der Waals surface area contributed by atoms with E-state index in [1.807, 2.05) is 13.8 Å². The first kappa shape index (κ1) is 14.4. The van der Waals surface area contributed by atoms with Gasteiger partial charge in [-0.2, -0.15) is 0 Å². The van der Waals surface area contributed by atoms with E-state index < -0.39 is 4.92 Å². The summed E-state index contributed by atoms with van der Waals surface area (Å²) < 4.78 is 0.506.